The van der Waals surface area contributed by atoms with E-state index in [0.717, 1.165) is 66.8 Å². The van der Waals surface area contributed by atoms with Crippen molar-refractivity contribution >= 4 is 50.7 Å². The van der Waals surface area contributed by atoms with Gasteiger partial charge in [-0.1, -0.05) is 153 Å². The van der Waals surface area contributed by atoms with E-state index in [4.69, 9.17) is 20.1 Å². The second-order valence-corrected chi connectivity index (χ2v) is 16.0. The van der Waals surface area contributed by atoms with Crippen LogP contribution in [0.5, 0.6) is 0 Å². The molecule has 0 aliphatic heterocycles. The normalized spacial score (nSPS) is 13.9. The summed E-state index contributed by atoms with van der Waals surface area (Å²) in [4.78, 5) is 12.2. The topological polar surface area (TPSA) is 67.1 Å². The van der Waals surface area contributed by atoms with Crippen molar-refractivity contribution in [2.24, 2.45) is 15.7 Å². The van der Waals surface area contributed by atoms with Crippen LogP contribution in [0.1, 0.15) is 54.6 Å². The number of furan rings is 1. The predicted octanol–water partition coefficient (Wildman–Crippen LogP) is 13.9. The maximum absolute atomic E-state index is 6.48. The molecular weight excluding hydrogens is 733 g/mol. The largest absolute Gasteiger partial charge is 0.456 e. The fraction of sp³-hybridized carbons (Fsp3) is 0.0909. The molecule has 0 bridgehead atoms. The second kappa shape index (κ2) is 15.0. The molecule has 1 atom stereocenters. The van der Waals surface area contributed by atoms with E-state index in [0.29, 0.717) is 11.7 Å². The highest BCUT2D eigenvalue weighted by Crippen LogP contribution is 2.50. The Hall–Kier alpha value is -7.50. The van der Waals surface area contributed by atoms with E-state index in [9.17, 15) is 0 Å². The maximum Gasteiger partial charge on any atom is 0.157 e. The van der Waals surface area contributed by atoms with E-state index in [2.05, 4.69) is 159 Å². The number of amidine groups is 2. The molecule has 0 spiro atoms. The van der Waals surface area contributed by atoms with E-state index in [1.165, 1.54) is 22.3 Å². The van der Waals surface area contributed by atoms with Gasteiger partial charge >= 0.3 is 0 Å². The van der Waals surface area contributed by atoms with Crippen LogP contribution in [0, 0.1) is 0 Å². The number of anilines is 3. The number of nitrogens with zero attached hydrogens (tertiary/aromatic N) is 3. The van der Waals surface area contributed by atoms with Crippen LogP contribution < -0.4 is 10.6 Å². The number of hydrogen-bond donors (Lipinski definition) is 1. The monoisotopic (exact) mass is 776 g/mol. The quantitative estimate of drug-likeness (QED) is 0.123. The lowest BCUT2D eigenvalue weighted by Crippen LogP contribution is -2.16. The van der Waals surface area contributed by atoms with Crippen molar-refractivity contribution in [3.8, 4) is 22.3 Å². The van der Waals surface area contributed by atoms with Gasteiger partial charge in [-0.15, -0.1) is 0 Å². The van der Waals surface area contributed by atoms with Gasteiger partial charge in [-0.25, -0.2) is 4.99 Å². The van der Waals surface area contributed by atoms with Crippen molar-refractivity contribution in [1.82, 2.24) is 0 Å². The van der Waals surface area contributed by atoms with Crippen molar-refractivity contribution in [3.63, 3.8) is 0 Å². The van der Waals surface area contributed by atoms with Crippen molar-refractivity contribution in [2.45, 2.75) is 32.2 Å². The first-order valence-electron chi connectivity index (χ1n) is 20.5. The molecule has 0 fully saturated rings. The number of hydrogen-bond acceptors (Lipinski definition) is 3. The Kier molecular flexibility index (Phi) is 9.22. The minimum Gasteiger partial charge on any atom is -0.456 e. The molecule has 0 saturated heterocycles. The average Bonchev–Trinajstić information content (AvgIpc) is 3.78. The molecule has 2 N–H and O–H groups in total. The average molecular weight is 777 g/mol. The molecule has 1 aromatic heterocycles. The van der Waals surface area contributed by atoms with Gasteiger partial charge in [0.2, 0.25) is 0 Å². The summed E-state index contributed by atoms with van der Waals surface area (Å²) in [6, 6.07) is 67.7. The zero-order valence-electron chi connectivity index (χ0n) is 33.9. The third kappa shape index (κ3) is 6.64. The second-order valence-electron chi connectivity index (χ2n) is 16.0. The summed E-state index contributed by atoms with van der Waals surface area (Å²) in [5.74, 6) is 1.01. The fourth-order valence-corrected chi connectivity index (χ4v) is 8.69. The Morgan fingerprint density at radius 2 is 1.15 bits per heavy atom. The summed E-state index contributed by atoms with van der Waals surface area (Å²) in [6.07, 6.45) is 0. The number of benzene rings is 8. The summed E-state index contributed by atoms with van der Waals surface area (Å²) in [5.41, 5.74) is 21.8. The van der Waals surface area contributed by atoms with E-state index in [1.54, 1.807) is 0 Å². The Labute approximate surface area is 350 Å². The zero-order chi connectivity index (χ0) is 40.8. The predicted molar refractivity (Wildman–Crippen MR) is 250 cm³/mol. The Bertz CT molecular complexity index is 3070. The summed E-state index contributed by atoms with van der Waals surface area (Å²) in [7, 11) is 0. The van der Waals surface area contributed by atoms with Gasteiger partial charge in [0.1, 0.15) is 17.0 Å². The number of para-hydroxylation sites is 1. The van der Waals surface area contributed by atoms with Crippen LogP contribution in [0.25, 0.3) is 44.2 Å². The number of nitrogens with two attached hydrogens (primary N) is 1. The SMILES string of the molecule is CC(N=C(N=C(N)c1ccccc1)c1ccccc1)c1ccc2c(c1)oc1ccc(-c3ccc(N(c4ccccc4)c4ccc5c(c4)C(C)(C)c4ccccc4-5)cc3)cc12. The third-order valence-electron chi connectivity index (χ3n) is 11.9. The molecule has 10 rings (SSSR count). The molecule has 9 aromatic rings. The lowest BCUT2D eigenvalue weighted by molar-refractivity contribution is 0.660. The minimum atomic E-state index is -0.200. The van der Waals surface area contributed by atoms with Gasteiger partial charge < -0.3 is 15.1 Å². The Morgan fingerprint density at radius 3 is 1.90 bits per heavy atom. The molecule has 1 aliphatic carbocycles. The van der Waals surface area contributed by atoms with Crippen molar-refractivity contribution in [2.75, 3.05) is 4.90 Å². The highest BCUT2D eigenvalue weighted by Gasteiger charge is 2.35. The summed E-state index contributed by atoms with van der Waals surface area (Å²) in [5, 5.41) is 2.14. The Morgan fingerprint density at radius 1 is 0.533 bits per heavy atom. The van der Waals surface area contributed by atoms with Crippen molar-refractivity contribution in [3.05, 3.63) is 222 Å². The zero-order valence-corrected chi connectivity index (χ0v) is 33.9. The molecule has 0 saturated carbocycles. The molecule has 5 heteroatoms. The lowest BCUT2D eigenvalue weighted by atomic mass is 9.82. The van der Waals surface area contributed by atoms with Gasteiger partial charge in [-0.2, -0.15) is 0 Å². The van der Waals surface area contributed by atoms with E-state index in [1.807, 2.05) is 60.7 Å². The van der Waals surface area contributed by atoms with Crippen LogP contribution in [-0.2, 0) is 5.41 Å². The van der Waals surface area contributed by atoms with Crippen LogP contribution in [0.3, 0.4) is 0 Å². The first-order valence-corrected chi connectivity index (χ1v) is 20.5. The molecule has 1 unspecified atom stereocenters. The van der Waals surface area contributed by atoms with Gasteiger partial charge in [0.25, 0.3) is 0 Å². The summed E-state index contributed by atoms with van der Waals surface area (Å²) >= 11 is 0. The molecule has 0 radical (unpaired) electrons. The van der Waals surface area contributed by atoms with Crippen LogP contribution in [0.15, 0.2) is 209 Å². The first kappa shape index (κ1) is 36.8. The molecule has 5 nitrogen and oxygen atoms in total. The molecule has 0 amide bonds. The maximum atomic E-state index is 6.48. The van der Waals surface area contributed by atoms with Gasteiger partial charge in [0, 0.05) is 44.4 Å². The van der Waals surface area contributed by atoms with Crippen molar-refractivity contribution in [1.29, 1.82) is 0 Å². The van der Waals surface area contributed by atoms with Crippen LogP contribution in [-0.4, -0.2) is 11.7 Å². The number of fused-ring (bicyclic) bond motifs is 6. The van der Waals surface area contributed by atoms with Gasteiger partial charge in [0.05, 0.1) is 6.04 Å². The van der Waals surface area contributed by atoms with Crippen LogP contribution in [0.4, 0.5) is 17.1 Å². The molecule has 290 valence electrons. The standard InChI is InChI=1S/C55H44N4O/c1-36(57-54(39-17-9-5-10-18-39)58-53(56)38-15-7-4-8-16-38)40-25-30-47-48-33-41(26-32-51(48)60-52(47)34-40)37-23-27-43(28-24-37)59(42-19-11-6-12-20-42)44-29-31-46-45-21-13-14-22-49(45)55(2,3)50(46)35-44/h4-36H,1-3H3,(H2,56,57,58). The third-order valence-corrected chi connectivity index (χ3v) is 11.9. The van der Waals surface area contributed by atoms with E-state index >= 15 is 0 Å². The molecule has 1 heterocycles. The molecule has 8 aromatic carbocycles. The van der Waals surface area contributed by atoms with Crippen LogP contribution in [0.2, 0.25) is 0 Å². The smallest absolute Gasteiger partial charge is 0.157 e. The summed E-state index contributed by atoms with van der Waals surface area (Å²) in [6.45, 7) is 6.74. The Balaban J connectivity index is 0.958. The highest BCUT2D eigenvalue weighted by atomic mass is 16.3. The molecule has 1 aliphatic rings. The minimum absolute atomic E-state index is 0.0869. The lowest BCUT2D eigenvalue weighted by Gasteiger charge is -2.28. The van der Waals surface area contributed by atoms with Gasteiger partial charge in [-0.05, 0) is 100 Å². The highest BCUT2D eigenvalue weighted by molar-refractivity contribution is 6.11. The fourth-order valence-electron chi connectivity index (χ4n) is 8.69. The summed E-state index contributed by atoms with van der Waals surface area (Å²) < 4.78 is 6.46. The van der Waals surface area contributed by atoms with Crippen LogP contribution >= 0.6 is 0 Å². The van der Waals surface area contributed by atoms with Gasteiger partial charge in [0.15, 0.2) is 5.84 Å². The molecular formula is C55H44N4O. The van der Waals surface area contributed by atoms with Crippen molar-refractivity contribution < 1.29 is 4.42 Å². The van der Waals surface area contributed by atoms with E-state index < -0.39 is 0 Å². The molecule has 60 heavy (non-hydrogen) atoms. The number of aliphatic imine (C=N–C) groups is 2. The number of rotatable bonds is 8. The van der Waals surface area contributed by atoms with E-state index in [-0.39, 0.29) is 11.5 Å². The first-order chi connectivity index (χ1) is 29.3. The van der Waals surface area contributed by atoms with Gasteiger partial charge in [-0.3, -0.25) is 4.99 Å².